The van der Waals surface area contributed by atoms with Gasteiger partial charge in [-0.1, -0.05) is 0 Å². The first-order chi connectivity index (χ1) is 8.87. The lowest BCUT2D eigenvalue weighted by Crippen LogP contribution is -2.44. The Morgan fingerprint density at radius 3 is 2.53 bits per heavy atom. The fraction of sp³-hybridized carbons (Fsp3) is 0.857. The van der Waals surface area contributed by atoms with Crippen LogP contribution >= 0.6 is 0 Å². The minimum atomic E-state index is -0.483. The van der Waals surface area contributed by atoms with E-state index in [4.69, 9.17) is 4.74 Å². The first-order valence-corrected chi connectivity index (χ1v) is 7.14. The monoisotopic (exact) mass is 268 g/mol. The molecule has 1 heterocycles. The summed E-state index contributed by atoms with van der Waals surface area (Å²) in [5.41, 5.74) is -0.483. The van der Waals surface area contributed by atoms with Crippen molar-refractivity contribution >= 4 is 12.0 Å². The van der Waals surface area contributed by atoms with Crippen molar-refractivity contribution in [3.05, 3.63) is 0 Å². The van der Waals surface area contributed by atoms with Crippen molar-refractivity contribution in [1.82, 2.24) is 10.2 Å². The fourth-order valence-corrected chi connectivity index (χ4v) is 2.42. The molecule has 2 amide bonds. The van der Waals surface area contributed by atoms with Crippen molar-refractivity contribution in [2.75, 3.05) is 13.1 Å². The first kappa shape index (κ1) is 14.2. The van der Waals surface area contributed by atoms with Gasteiger partial charge in [0.1, 0.15) is 5.60 Å². The summed E-state index contributed by atoms with van der Waals surface area (Å²) in [7, 11) is 0. The molecule has 2 aliphatic rings. The molecule has 108 valence electrons. The van der Waals surface area contributed by atoms with Crippen LogP contribution in [-0.4, -0.2) is 41.6 Å². The standard InChI is InChI=1S/C14H24N2O3/c1-14(2,3)19-13(18)15-9-11-5-4-8-16(11)12(17)10-6-7-10/h10-11H,4-9H2,1-3H3,(H,15,18)/t11-/m0/s1. The van der Waals surface area contributed by atoms with Crippen molar-refractivity contribution in [3.8, 4) is 0 Å². The van der Waals surface area contributed by atoms with Gasteiger partial charge in [0.2, 0.25) is 5.91 Å². The molecular weight excluding hydrogens is 244 g/mol. The second kappa shape index (κ2) is 5.39. The molecule has 19 heavy (non-hydrogen) atoms. The SMILES string of the molecule is CC(C)(C)OC(=O)NC[C@@H]1CCCN1C(=O)C1CC1. The number of carbonyl (C=O) groups is 2. The largest absolute Gasteiger partial charge is 0.444 e. The Kier molecular flexibility index (Phi) is 4.02. The summed E-state index contributed by atoms with van der Waals surface area (Å²) >= 11 is 0. The smallest absolute Gasteiger partial charge is 0.407 e. The summed E-state index contributed by atoms with van der Waals surface area (Å²) < 4.78 is 5.20. The highest BCUT2D eigenvalue weighted by Gasteiger charge is 2.38. The van der Waals surface area contributed by atoms with Crippen molar-refractivity contribution < 1.29 is 14.3 Å². The molecule has 1 aliphatic heterocycles. The Morgan fingerprint density at radius 2 is 1.95 bits per heavy atom. The predicted octanol–water partition coefficient (Wildman–Crippen LogP) is 1.91. The van der Waals surface area contributed by atoms with Crippen molar-refractivity contribution in [3.63, 3.8) is 0 Å². The molecule has 0 spiro atoms. The molecule has 5 nitrogen and oxygen atoms in total. The summed E-state index contributed by atoms with van der Waals surface area (Å²) in [6, 6.07) is 0.139. The van der Waals surface area contributed by atoms with Crippen LogP contribution in [0.3, 0.4) is 0 Å². The van der Waals surface area contributed by atoms with Gasteiger partial charge in [-0.05, 0) is 46.5 Å². The Morgan fingerprint density at radius 1 is 1.26 bits per heavy atom. The molecule has 1 atom stereocenters. The average Bonchev–Trinajstić information content (AvgIpc) is 3.02. The molecule has 1 aliphatic carbocycles. The number of amides is 2. The number of ether oxygens (including phenoxy) is 1. The van der Waals surface area contributed by atoms with Crippen LogP contribution in [0, 0.1) is 5.92 Å². The molecular formula is C14H24N2O3. The van der Waals surface area contributed by atoms with Crippen LogP contribution in [0.15, 0.2) is 0 Å². The molecule has 0 aromatic carbocycles. The quantitative estimate of drug-likeness (QED) is 0.850. The number of carbonyl (C=O) groups excluding carboxylic acids is 2. The Bertz CT molecular complexity index is 358. The highest BCUT2D eigenvalue weighted by atomic mass is 16.6. The normalized spacial score (nSPS) is 23.3. The van der Waals surface area contributed by atoms with Crippen molar-refractivity contribution in [2.24, 2.45) is 5.92 Å². The number of alkyl carbamates (subject to hydrolysis) is 1. The van der Waals surface area contributed by atoms with Gasteiger partial charge in [-0.15, -0.1) is 0 Å². The summed E-state index contributed by atoms with van der Waals surface area (Å²) in [6.07, 6.45) is 3.65. The summed E-state index contributed by atoms with van der Waals surface area (Å²) in [5.74, 6) is 0.524. The van der Waals surface area contributed by atoms with E-state index in [1.165, 1.54) is 0 Å². The number of nitrogens with zero attached hydrogens (tertiary/aromatic N) is 1. The lowest BCUT2D eigenvalue weighted by molar-refractivity contribution is -0.133. The molecule has 0 aromatic rings. The van der Waals surface area contributed by atoms with E-state index < -0.39 is 11.7 Å². The third-order valence-corrected chi connectivity index (χ3v) is 3.47. The van der Waals surface area contributed by atoms with Crippen LogP contribution in [0.25, 0.3) is 0 Å². The van der Waals surface area contributed by atoms with E-state index in [1.54, 1.807) is 0 Å². The summed E-state index contributed by atoms with van der Waals surface area (Å²) in [4.78, 5) is 25.6. The number of rotatable bonds is 3. The van der Waals surface area contributed by atoms with Gasteiger partial charge in [-0.2, -0.15) is 0 Å². The Labute approximate surface area is 114 Å². The van der Waals surface area contributed by atoms with Crippen LogP contribution in [0.4, 0.5) is 4.79 Å². The first-order valence-electron chi connectivity index (χ1n) is 7.14. The number of hydrogen-bond acceptors (Lipinski definition) is 3. The zero-order chi connectivity index (χ0) is 14.0. The third-order valence-electron chi connectivity index (χ3n) is 3.47. The minimum Gasteiger partial charge on any atom is -0.444 e. The molecule has 0 unspecified atom stereocenters. The van der Waals surface area contributed by atoms with Crippen LogP contribution in [0.1, 0.15) is 46.5 Å². The molecule has 2 rings (SSSR count). The molecule has 1 saturated heterocycles. The van der Waals surface area contributed by atoms with Gasteiger partial charge >= 0.3 is 6.09 Å². The van der Waals surface area contributed by atoms with Gasteiger partial charge in [0.25, 0.3) is 0 Å². The van der Waals surface area contributed by atoms with E-state index in [2.05, 4.69) is 5.32 Å². The zero-order valence-electron chi connectivity index (χ0n) is 12.1. The average molecular weight is 268 g/mol. The van der Waals surface area contributed by atoms with Crippen LogP contribution in [-0.2, 0) is 9.53 Å². The Hall–Kier alpha value is -1.26. The molecule has 0 aromatic heterocycles. The summed E-state index contributed by atoms with van der Waals surface area (Å²) in [6.45, 7) is 6.84. The maximum atomic E-state index is 12.1. The Balaban J connectivity index is 1.78. The van der Waals surface area contributed by atoms with E-state index in [0.29, 0.717) is 6.54 Å². The topological polar surface area (TPSA) is 58.6 Å². The molecule has 0 radical (unpaired) electrons. The number of likely N-dealkylation sites (tertiary alicyclic amines) is 1. The van der Waals surface area contributed by atoms with Gasteiger partial charge in [0.15, 0.2) is 0 Å². The van der Waals surface area contributed by atoms with E-state index >= 15 is 0 Å². The van der Waals surface area contributed by atoms with Gasteiger partial charge in [0, 0.05) is 25.0 Å². The van der Waals surface area contributed by atoms with E-state index in [0.717, 1.165) is 32.2 Å². The van der Waals surface area contributed by atoms with E-state index in [9.17, 15) is 9.59 Å². The maximum absolute atomic E-state index is 12.1. The fourth-order valence-electron chi connectivity index (χ4n) is 2.42. The summed E-state index contributed by atoms with van der Waals surface area (Å²) in [5, 5.41) is 2.77. The van der Waals surface area contributed by atoms with Gasteiger partial charge in [-0.3, -0.25) is 4.79 Å². The van der Waals surface area contributed by atoms with E-state index in [1.807, 2.05) is 25.7 Å². The number of hydrogen-bond donors (Lipinski definition) is 1. The highest BCUT2D eigenvalue weighted by molar-refractivity contribution is 5.81. The molecule has 5 heteroatoms. The second-order valence-electron chi connectivity index (χ2n) is 6.48. The van der Waals surface area contributed by atoms with Crippen LogP contribution in [0.2, 0.25) is 0 Å². The number of nitrogens with one attached hydrogen (secondary N) is 1. The van der Waals surface area contributed by atoms with E-state index in [-0.39, 0.29) is 17.9 Å². The molecule has 0 bridgehead atoms. The predicted molar refractivity (Wildman–Crippen MR) is 71.7 cm³/mol. The highest BCUT2D eigenvalue weighted by Crippen LogP contribution is 2.33. The minimum absolute atomic E-state index is 0.139. The molecule has 1 N–H and O–H groups in total. The second-order valence-corrected chi connectivity index (χ2v) is 6.48. The van der Waals surface area contributed by atoms with Gasteiger partial charge in [-0.25, -0.2) is 4.79 Å². The molecule has 2 fully saturated rings. The van der Waals surface area contributed by atoms with Crippen LogP contribution in [0.5, 0.6) is 0 Å². The zero-order valence-corrected chi connectivity index (χ0v) is 12.1. The third kappa shape index (κ3) is 4.11. The van der Waals surface area contributed by atoms with Crippen molar-refractivity contribution in [2.45, 2.75) is 58.1 Å². The lowest BCUT2D eigenvalue weighted by atomic mass is 10.2. The van der Waals surface area contributed by atoms with Crippen molar-refractivity contribution in [1.29, 1.82) is 0 Å². The molecule has 1 saturated carbocycles. The lowest BCUT2D eigenvalue weighted by Gasteiger charge is -2.26. The van der Waals surface area contributed by atoms with Crippen LogP contribution < -0.4 is 5.32 Å². The van der Waals surface area contributed by atoms with Gasteiger partial charge in [0.05, 0.1) is 0 Å². The van der Waals surface area contributed by atoms with Gasteiger partial charge < -0.3 is 15.0 Å². The maximum Gasteiger partial charge on any atom is 0.407 e.